The van der Waals surface area contributed by atoms with Crippen molar-refractivity contribution in [2.75, 3.05) is 6.61 Å². The maximum absolute atomic E-state index is 14.1. The molecule has 0 aliphatic heterocycles. The highest BCUT2D eigenvalue weighted by Crippen LogP contribution is 2.48. The second-order valence-corrected chi connectivity index (χ2v) is 9.96. The minimum Gasteiger partial charge on any atom is -0.395 e. The molecule has 0 bridgehead atoms. The Balaban J connectivity index is 1.77. The third kappa shape index (κ3) is 3.48. The molecular weight excluding hydrogens is 417 g/mol. The van der Waals surface area contributed by atoms with Gasteiger partial charge in [-0.25, -0.2) is 4.39 Å². The number of aromatic nitrogens is 3. The lowest BCUT2D eigenvalue weighted by Crippen LogP contribution is -2.32. The molecule has 1 aliphatic rings. The highest BCUT2D eigenvalue weighted by molar-refractivity contribution is 5.99. The number of hydrogen-bond acceptors (Lipinski definition) is 3. The third-order valence-corrected chi connectivity index (χ3v) is 7.51. The summed E-state index contributed by atoms with van der Waals surface area (Å²) in [5, 5.41) is 19.4. The smallest absolute Gasteiger partial charge is 0.128 e. The van der Waals surface area contributed by atoms with E-state index in [-0.39, 0.29) is 24.3 Å². The molecule has 0 spiro atoms. The minimum absolute atomic E-state index is 0.0916. The van der Waals surface area contributed by atoms with Gasteiger partial charge in [0, 0.05) is 27.6 Å². The van der Waals surface area contributed by atoms with Crippen LogP contribution in [0.25, 0.3) is 27.5 Å². The first kappa shape index (κ1) is 21.8. The van der Waals surface area contributed by atoms with E-state index in [1.807, 2.05) is 18.3 Å². The molecule has 6 heteroatoms. The van der Waals surface area contributed by atoms with Crippen LogP contribution < -0.4 is 0 Å². The third-order valence-electron chi connectivity index (χ3n) is 7.51. The van der Waals surface area contributed by atoms with Crippen molar-refractivity contribution in [2.45, 2.75) is 58.3 Å². The Morgan fingerprint density at radius 3 is 2.67 bits per heavy atom. The second-order valence-electron chi connectivity index (χ2n) is 9.96. The Morgan fingerprint density at radius 2 is 2.03 bits per heavy atom. The van der Waals surface area contributed by atoms with E-state index in [2.05, 4.69) is 40.7 Å². The fourth-order valence-corrected chi connectivity index (χ4v) is 5.61. The zero-order valence-electron chi connectivity index (χ0n) is 19.4. The Morgan fingerprint density at radius 1 is 1.27 bits per heavy atom. The molecule has 0 atom stereocenters. The van der Waals surface area contributed by atoms with Crippen molar-refractivity contribution in [1.82, 2.24) is 14.8 Å². The van der Waals surface area contributed by atoms with Crippen molar-refractivity contribution in [3.63, 3.8) is 0 Å². The van der Waals surface area contributed by atoms with Crippen LogP contribution >= 0.6 is 0 Å². The molecule has 5 rings (SSSR count). The molecular formula is C27H30FN3O2. The average Bonchev–Trinajstić information content (AvgIpc) is 3.41. The van der Waals surface area contributed by atoms with Crippen LogP contribution in [0.15, 0.2) is 36.5 Å². The van der Waals surface area contributed by atoms with Gasteiger partial charge in [0.05, 0.1) is 23.8 Å². The fraction of sp³-hybridized carbons (Fsp3) is 0.407. The number of halogens is 1. The lowest BCUT2D eigenvalue weighted by Gasteiger charge is -2.35. The van der Waals surface area contributed by atoms with Gasteiger partial charge in [-0.3, -0.25) is 5.10 Å². The topological polar surface area (TPSA) is 70.9 Å². The predicted octanol–water partition coefficient (Wildman–Crippen LogP) is 5.91. The Kier molecular flexibility index (Phi) is 5.36. The van der Waals surface area contributed by atoms with Gasteiger partial charge in [-0.15, -0.1) is 0 Å². The lowest BCUT2D eigenvalue weighted by molar-refractivity contribution is -0.120. The number of benzene rings is 2. The molecule has 0 radical (unpaired) electrons. The summed E-state index contributed by atoms with van der Waals surface area (Å²) in [6, 6.07) is 9.64. The first-order chi connectivity index (χ1) is 15.9. The summed E-state index contributed by atoms with van der Waals surface area (Å²) in [5.41, 5.74) is 5.55. The molecule has 5 nitrogen and oxygen atoms in total. The highest BCUT2D eigenvalue weighted by Gasteiger charge is 2.37. The van der Waals surface area contributed by atoms with Gasteiger partial charge in [-0.2, -0.15) is 5.10 Å². The molecule has 4 aromatic rings. The largest absolute Gasteiger partial charge is 0.395 e. The summed E-state index contributed by atoms with van der Waals surface area (Å²) in [6.07, 6.45) is 5.85. The summed E-state index contributed by atoms with van der Waals surface area (Å²) in [4.78, 5) is 11.7. The summed E-state index contributed by atoms with van der Waals surface area (Å²) in [7, 11) is 0. The van der Waals surface area contributed by atoms with Crippen molar-refractivity contribution in [3.05, 3.63) is 59.2 Å². The van der Waals surface area contributed by atoms with E-state index in [1.165, 1.54) is 22.7 Å². The van der Waals surface area contributed by atoms with E-state index in [0.717, 1.165) is 41.2 Å². The van der Waals surface area contributed by atoms with Crippen LogP contribution in [0.4, 0.5) is 4.39 Å². The molecule has 0 unspecified atom stereocenters. The summed E-state index contributed by atoms with van der Waals surface area (Å²) in [6.45, 7) is 6.10. The van der Waals surface area contributed by atoms with Crippen LogP contribution in [-0.4, -0.2) is 32.8 Å². The van der Waals surface area contributed by atoms with Gasteiger partial charge in [0.2, 0.25) is 0 Å². The first-order valence-corrected chi connectivity index (χ1v) is 11.7. The van der Waals surface area contributed by atoms with Crippen molar-refractivity contribution in [2.24, 2.45) is 5.41 Å². The Hall–Kier alpha value is -2.99. The molecule has 0 saturated heterocycles. The maximum atomic E-state index is 14.1. The Labute approximate surface area is 192 Å². The van der Waals surface area contributed by atoms with Crippen LogP contribution in [0.3, 0.4) is 0 Å². The number of nitrogens with one attached hydrogen (secondary N) is 1. The van der Waals surface area contributed by atoms with Crippen molar-refractivity contribution < 1.29 is 14.3 Å². The lowest BCUT2D eigenvalue weighted by atomic mass is 9.69. The number of carbonyl (C=O) groups excluding carboxylic acids is 1. The van der Waals surface area contributed by atoms with Crippen molar-refractivity contribution >= 4 is 28.1 Å². The quantitative estimate of drug-likeness (QED) is 0.374. The van der Waals surface area contributed by atoms with Gasteiger partial charge in [0.25, 0.3) is 0 Å². The maximum Gasteiger partial charge on any atom is 0.128 e. The van der Waals surface area contributed by atoms with E-state index in [4.69, 9.17) is 0 Å². The SMILES string of the molecule is Cc1cc(-n2c(C(C)C)c(C3CCC(C=O)(CO)CC3)c3cc4[nH]ncc4cc32)ccc1F. The zero-order chi connectivity index (χ0) is 23.3. The predicted molar refractivity (Wildman–Crippen MR) is 129 cm³/mol. The number of aliphatic hydroxyl groups excluding tert-OH is 1. The van der Waals surface area contributed by atoms with E-state index in [0.29, 0.717) is 18.4 Å². The van der Waals surface area contributed by atoms with Crippen molar-refractivity contribution in [3.8, 4) is 5.69 Å². The van der Waals surface area contributed by atoms with Crippen LogP contribution in [0.2, 0.25) is 0 Å². The molecule has 2 N–H and O–H groups in total. The number of aldehydes is 1. The van der Waals surface area contributed by atoms with Crippen LogP contribution in [0, 0.1) is 18.2 Å². The molecule has 172 valence electrons. The first-order valence-electron chi connectivity index (χ1n) is 11.7. The molecule has 1 aliphatic carbocycles. The number of H-pyrrole nitrogens is 1. The van der Waals surface area contributed by atoms with Crippen LogP contribution in [0.5, 0.6) is 0 Å². The van der Waals surface area contributed by atoms with Gasteiger partial charge in [-0.05, 0) is 85.9 Å². The molecule has 2 heterocycles. The number of rotatable bonds is 5. The number of aromatic amines is 1. The van der Waals surface area contributed by atoms with E-state index in [1.54, 1.807) is 6.92 Å². The molecule has 33 heavy (non-hydrogen) atoms. The van der Waals surface area contributed by atoms with Crippen LogP contribution in [-0.2, 0) is 4.79 Å². The second kappa shape index (κ2) is 8.10. The molecule has 2 aromatic carbocycles. The van der Waals surface area contributed by atoms with Crippen molar-refractivity contribution in [1.29, 1.82) is 0 Å². The molecule has 0 amide bonds. The van der Waals surface area contributed by atoms with Crippen LogP contribution in [0.1, 0.15) is 68.2 Å². The van der Waals surface area contributed by atoms with Gasteiger partial charge < -0.3 is 14.5 Å². The number of nitrogens with zero attached hydrogens (tertiary/aromatic N) is 2. The molecule has 2 aromatic heterocycles. The minimum atomic E-state index is -0.614. The summed E-state index contributed by atoms with van der Waals surface area (Å²) >= 11 is 0. The number of aryl methyl sites for hydroxylation is 1. The zero-order valence-corrected chi connectivity index (χ0v) is 19.4. The number of fused-ring (bicyclic) bond motifs is 2. The number of hydrogen-bond donors (Lipinski definition) is 2. The van der Waals surface area contributed by atoms with Gasteiger partial charge >= 0.3 is 0 Å². The highest BCUT2D eigenvalue weighted by atomic mass is 19.1. The number of aliphatic hydroxyl groups is 1. The standard InChI is InChI=1S/C27H30FN3O2/c1-16(2)26-25(18-6-8-27(14-32,15-33)9-7-18)21-12-23-19(13-29-30-23)11-24(21)31(26)20-4-5-22(28)17(3)10-20/h4-5,10-14,16,18,33H,6-9,15H2,1-3H3,(H,29,30). The Bertz CT molecular complexity index is 1340. The van der Waals surface area contributed by atoms with E-state index < -0.39 is 5.41 Å². The van der Waals surface area contributed by atoms with E-state index in [9.17, 15) is 14.3 Å². The molecule has 1 fully saturated rings. The normalized spacial score (nSPS) is 21.3. The summed E-state index contributed by atoms with van der Waals surface area (Å²) in [5.74, 6) is 0.317. The van der Waals surface area contributed by atoms with Gasteiger partial charge in [0.15, 0.2) is 0 Å². The molecule has 1 saturated carbocycles. The summed E-state index contributed by atoms with van der Waals surface area (Å²) < 4.78 is 16.4. The monoisotopic (exact) mass is 447 g/mol. The van der Waals surface area contributed by atoms with Gasteiger partial charge in [0.1, 0.15) is 12.1 Å². The fourth-order valence-electron chi connectivity index (χ4n) is 5.61. The van der Waals surface area contributed by atoms with E-state index >= 15 is 0 Å². The average molecular weight is 448 g/mol. The van der Waals surface area contributed by atoms with Gasteiger partial charge in [-0.1, -0.05) is 13.8 Å². The number of carbonyl (C=O) groups is 1.